The lowest BCUT2D eigenvalue weighted by Crippen LogP contribution is -2.19. The molecule has 3 N–H and O–H groups in total. The van der Waals surface area contributed by atoms with E-state index in [0.29, 0.717) is 5.75 Å². The number of benzene rings is 2. The van der Waals surface area contributed by atoms with Gasteiger partial charge in [-0.15, -0.1) is 0 Å². The van der Waals surface area contributed by atoms with Crippen LogP contribution in [-0.2, 0) is 9.59 Å². The summed E-state index contributed by atoms with van der Waals surface area (Å²) in [4.78, 5) is 22.5. The Balaban J connectivity index is 1.96. The van der Waals surface area contributed by atoms with Gasteiger partial charge in [0.2, 0.25) is 5.91 Å². The highest BCUT2D eigenvalue weighted by Crippen LogP contribution is 2.16. The normalized spacial score (nSPS) is 10.6. The van der Waals surface area contributed by atoms with Crippen molar-refractivity contribution in [2.24, 2.45) is 5.73 Å². The van der Waals surface area contributed by atoms with Gasteiger partial charge in [-0.3, -0.25) is 9.59 Å². The van der Waals surface area contributed by atoms with Crippen LogP contribution in [0.15, 0.2) is 48.5 Å². The van der Waals surface area contributed by atoms with Crippen LogP contribution in [0, 0.1) is 12.7 Å². The third kappa shape index (κ3) is 5.24. The highest BCUT2D eigenvalue weighted by atomic mass is 19.1. The molecule has 0 heterocycles. The van der Waals surface area contributed by atoms with Gasteiger partial charge >= 0.3 is 0 Å². The van der Waals surface area contributed by atoms with Crippen LogP contribution < -0.4 is 15.8 Å². The molecule has 0 fully saturated rings. The molecule has 6 heteroatoms. The molecule has 0 atom stereocenters. The van der Waals surface area contributed by atoms with Crippen molar-refractivity contribution < 1.29 is 18.7 Å². The van der Waals surface area contributed by atoms with E-state index >= 15 is 0 Å². The molecule has 2 aromatic rings. The summed E-state index contributed by atoms with van der Waals surface area (Å²) in [6, 6.07) is 11.2. The van der Waals surface area contributed by atoms with E-state index in [2.05, 4.69) is 5.32 Å². The average Bonchev–Trinajstić information content (AvgIpc) is 2.55. The Kier molecular flexibility index (Phi) is 5.68. The molecule has 0 spiro atoms. The number of hydrogen-bond donors (Lipinski definition) is 2. The van der Waals surface area contributed by atoms with E-state index in [1.165, 1.54) is 12.1 Å². The third-order valence-electron chi connectivity index (χ3n) is 3.07. The summed E-state index contributed by atoms with van der Waals surface area (Å²) in [6.07, 6.45) is 2.89. The fraction of sp³-hybridized carbons (Fsp3) is 0.111. The van der Waals surface area contributed by atoms with Gasteiger partial charge in [-0.1, -0.05) is 18.2 Å². The summed E-state index contributed by atoms with van der Waals surface area (Å²) in [5, 5.41) is 2.49. The fourth-order valence-electron chi connectivity index (χ4n) is 1.91. The van der Waals surface area contributed by atoms with Crippen molar-refractivity contribution in [3.05, 3.63) is 65.5 Å². The Morgan fingerprint density at radius 3 is 2.58 bits per heavy atom. The summed E-state index contributed by atoms with van der Waals surface area (Å²) >= 11 is 0. The number of rotatable bonds is 6. The van der Waals surface area contributed by atoms with E-state index in [-0.39, 0.29) is 12.3 Å². The number of nitrogens with two attached hydrogens (primary N) is 1. The monoisotopic (exact) mass is 328 g/mol. The molecule has 0 saturated heterocycles. The van der Waals surface area contributed by atoms with Crippen molar-refractivity contribution in [1.82, 2.24) is 0 Å². The molecule has 0 aromatic heterocycles. The number of primary amides is 1. The van der Waals surface area contributed by atoms with Crippen LogP contribution in [-0.4, -0.2) is 18.4 Å². The topological polar surface area (TPSA) is 81.4 Å². The number of ether oxygens (including phenoxy) is 1. The van der Waals surface area contributed by atoms with Gasteiger partial charge in [0.1, 0.15) is 11.6 Å². The Hall–Kier alpha value is -3.15. The first kappa shape index (κ1) is 17.2. The number of anilines is 1. The van der Waals surface area contributed by atoms with Crippen molar-refractivity contribution in [1.29, 1.82) is 0 Å². The van der Waals surface area contributed by atoms with Crippen LogP contribution in [0.25, 0.3) is 6.08 Å². The zero-order valence-electron chi connectivity index (χ0n) is 13.1. The number of hydrogen-bond acceptors (Lipinski definition) is 3. The number of carbonyl (C=O) groups excluding carboxylic acids is 2. The van der Waals surface area contributed by atoms with Crippen LogP contribution in [0.4, 0.5) is 10.1 Å². The first-order valence-corrected chi connectivity index (χ1v) is 7.20. The molecule has 2 aromatic carbocycles. The smallest absolute Gasteiger partial charge is 0.255 e. The maximum atomic E-state index is 13.6. The van der Waals surface area contributed by atoms with Gasteiger partial charge in [-0.2, -0.15) is 0 Å². The van der Waals surface area contributed by atoms with Gasteiger partial charge in [0.05, 0.1) is 5.69 Å². The average molecular weight is 328 g/mol. The Morgan fingerprint density at radius 2 is 1.92 bits per heavy atom. The summed E-state index contributed by atoms with van der Waals surface area (Å²) < 4.78 is 18.7. The SMILES string of the molecule is Cc1ccc(F)c(NC(=O)/C=C/c2ccc(OCC(N)=O)cc2)c1. The summed E-state index contributed by atoms with van der Waals surface area (Å²) in [7, 11) is 0. The summed E-state index contributed by atoms with van der Waals surface area (Å²) in [6.45, 7) is 1.62. The number of halogens is 1. The molecule has 5 nitrogen and oxygen atoms in total. The number of amides is 2. The second-order valence-electron chi connectivity index (χ2n) is 5.13. The molecule has 124 valence electrons. The van der Waals surface area contributed by atoms with Crippen LogP contribution >= 0.6 is 0 Å². The highest BCUT2D eigenvalue weighted by molar-refractivity contribution is 6.02. The maximum absolute atomic E-state index is 13.6. The Bertz CT molecular complexity index is 770. The fourth-order valence-corrected chi connectivity index (χ4v) is 1.91. The lowest BCUT2D eigenvalue weighted by Gasteiger charge is -2.05. The minimum Gasteiger partial charge on any atom is -0.484 e. The molecule has 0 radical (unpaired) electrons. The molecule has 0 aliphatic heterocycles. The molecular formula is C18H17FN2O3. The number of nitrogens with one attached hydrogen (secondary N) is 1. The van der Waals surface area contributed by atoms with E-state index in [4.69, 9.17) is 10.5 Å². The van der Waals surface area contributed by atoms with Crippen molar-refractivity contribution in [2.75, 3.05) is 11.9 Å². The van der Waals surface area contributed by atoms with E-state index in [1.54, 1.807) is 42.5 Å². The van der Waals surface area contributed by atoms with E-state index < -0.39 is 17.6 Å². The molecule has 2 rings (SSSR count). The maximum Gasteiger partial charge on any atom is 0.255 e. The zero-order chi connectivity index (χ0) is 17.5. The molecule has 0 aliphatic rings. The minimum absolute atomic E-state index is 0.139. The zero-order valence-corrected chi connectivity index (χ0v) is 13.1. The van der Waals surface area contributed by atoms with Crippen molar-refractivity contribution >= 4 is 23.6 Å². The Labute approximate surface area is 138 Å². The van der Waals surface area contributed by atoms with Gasteiger partial charge in [-0.25, -0.2) is 4.39 Å². The number of carbonyl (C=O) groups is 2. The van der Waals surface area contributed by atoms with Crippen molar-refractivity contribution in [3.8, 4) is 5.75 Å². The number of aryl methyl sites for hydroxylation is 1. The molecule has 0 unspecified atom stereocenters. The quantitative estimate of drug-likeness (QED) is 0.800. The van der Waals surface area contributed by atoms with Gasteiger partial charge in [0.15, 0.2) is 6.61 Å². The first-order chi connectivity index (χ1) is 11.4. The van der Waals surface area contributed by atoms with E-state index in [9.17, 15) is 14.0 Å². The van der Waals surface area contributed by atoms with Crippen LogP contribution in [0.2, 0.25) is 0 Å². The largest absolute Gasteiger partial charge is 0.484 e. The standard InChI is InChI=1S/C18H17FN2O3/c1-12-2-8-15(19)16(10-12)21-18(23)9-5-13-3-6-14(7-4-13)24-11-17(20)22/h2-10H,11H2,1H3,(H2,20,22)(H,21,23)/b9-5+. The van der Waals surface area contributed by atoms with Gasteiger partial charge < -0.3 is 15.8 Å². The van der Waals surface area contributed by atoms with E-state index in [1.807, 2.05) is 6.92 Å². The van der Waals surface area contributed by atoms with Crippen LogP contribution in [0.3, 0.4) is 0 Å². The van der Waals surface area contributed by atoms with Gasteiger partial charge in [-0.05, 0) is 48.4 Å². The Morgan fingerprint density at radius 1 is 1.21 bits per heavy atom. The molecular weight excluding hydrogens is 311 g/mol. The highest BCUT2D eigenvalue weighted by Gasteiger charge is 2.04. The summed E-state index contributed by atoms with van der Waals surface area (Å²) in [5.74, 6) is -0.983. The molecule has 0 bridgehead atoms. The lowest BCUT2D eigenvalue weighted by molar-refractivity contribution is -0.120. The summed E-state index contributed by atoms with van der Waals surface area (Å²) in [5.41, 5.74) is 6.73. The third-order valence-corrected chi connectivity index (χ3v) is 3.07. The predicted octanol–water partition coefficient (Wildman–Crippen LogP) is 2.65. The van der Waals surface area contributed by atoms with Crippen molar-refractivity contribution in [2.45, 2.75) is 6.92 Å². The molecule has 0 aliphatic carbocycles. The molecule has 2 amide bonds. The minimum atomic E-state index is -0.556. The first-order valence-electron chi connectivity index (χ1n) is 7.20. The molecule has 24 heavy (non-hydrogen) atoms. The van der Waals surface area contributed by atoms with Crippen molar-refractivity contribution in [3.63, 3.8) is 0 Å². The van der Waals surface area contributed by atoms with Gasteiger partial charge in [0.25, 0.3) is 5.91 Å². The van der Waals surface area contributed by atoms with Crippen LogP contribution in [0.1, 0.15) is 11.1 Å². The van der Waals surface area contributed by atoms with Crippen LogP contribution in [0.5, 0.6) is 5.75 Å². The second-order valence-corrected chi connectivity index (χ2v) is 5.13. The van der Waals surface area contributed by atoms with Gasteiger partial charge in [0, 0.05) is 6.08 Å². The van der Waals surface area contributed by atoms with E-state index in [0.717, 1.165) is 11.1 Å². The predicted molar refractivity (Wildman–Crippen MR) is 89.9 cm³/mol. The molecule has 0 saturated carbocycles. The lowest BCUT2D eigenvalue weighted by atomic mass is 10.2. The second kappa shape index (κ2) is 7.92.